The molecule has 0 saturated carbocycles. The van der Waals surface area contributed by atoms with Crippen LogP contribution >= 0.6 is 22.0 Å². The number of aromatic nitrogens is 2. The van der Waals surface area contributed by atoms with Crippen molar-refractivity contribution >= 4 is 41.3 Å². The summed E-state index contributed by atoms with van der Waals surface area (Å²) in [5.74, 6) is 0. The van der Waals surface area contributed by atoms with Crippen LogP contribution in [0.4, 0.5) is 0 Å². The van der Waals surface area contributed by atoms with Crippen LogP contribution in [0, 0.1) is 6.92 Å². The highest BCUT2D eigenvalue weighted by atomic mass is 35.7. The van der Waals surface area contributed by atoms with Crippen molar-refractivity contribution in [3.63, 3.8) is 0 Å². The van der Waals surface area contributed by atoms with E-state index in [9.17, 15) is 8.42 Å². The molecule has 0 aromatic carbocycles. The highest BCUT2D eigenvalue weighted by Crippen LogP contribution is 2.28. The molecule has 0 unspecified atom stereocenters. The van der Waals surface area contributed by atoms with Crippen LogP contribution in [0.5, 0.6) is 0 Å². The van der Waals surface area contributed by atoms with E-state index in [2.05, 4.69) is 9.97 Å². The van der Waals surface area contributed by atoms with E-state index in [1.807, 2.05) is 6.92 Å². The first-order valence-corrected chi connectivity index (χ1v) is 6.77. The van der Waals surface area contributed by atoms with Gasteiger partial charge in [-0.15, -0.1) is 11.3 Å². The maximum Gasteiger partial charge on any atom is 0.279 e. The van der Waals surface area contributed by atoms with Crippen LogP contribution in [0.1, 0.15) is 4.88 Å². The molecule has 0 aliphatic carbocycles. The van der Waals surface area contributed by atoms with E-state index in [1.54, 1.807) is 6.07 Å². The standard InChI is InChI=1S/C7H5ClN2O2S2/c1-4-2-5-6(13-4)9-3-10-7(5)14(8,11)12/h2-3H,1H3. The molecule has 2 aromatic rings. The third-order valence-corrected chi connectivity index (χ3v) is 3.83. The fourth-order valence-corrected chi connectivity index (χ4v) is 3.02. The molecule has 0 fully saturated rings. The molecule has 0 bridgehead atoms. The van der Waals surface area contributed by atoms with Gasteiger partial charge >= 0.3 is 0 Å². The van der Waals surface area contributed by atoms with Gasteiger partial charge in [-0.1, -0.05) is 0 Å². The Labute approximate surface area is 89.0 Å². The Kier molecular flexibility index (Phi) is 2.21. The second kappa shape index (κ2) is 3.15. The van der Waals surface area contributed by atoms with E-state index in [4.69, 9.17) is 10.7 Å². The Hall–Kier alpha value is -0.720. The van der Waals surface area contributed by atoms with Crippen molar-refractivity contribution in [1.82, 2.24) is 9.97 Å². The largest absolute Gasteiger partial charge is 0.279 e. The van der Waals surface area contributed by atoms with Gasteiger partial charge in [-0.2, -0.15) is 0 Å². The van der Waals surface area contributed by atoms with E-state index < -0.39 is 9.05 Å². The monoisotopic (exact) mass is 248 g/mol. The Morgan fingerprint density at radius 3 is 2.79 bits per heavy atom. The van der Waals surface area contributed by atoms with Crippen LogP contribution in [0.3, 0.4) is 0 Å². The van der Waals surface area contributed by atoms with Gasteiger partial charge in [0.2, 0.25) is 0 Å². The SMILES string of the molecule is Cc1cc2c(S(=O)(=O)Cl)ncnc2s1. The average molecular weight is 249 g/mol. The number of nitrogens with zero attached hydrogens (tertiary/aromatic N) is 2. The van der Waals surface area contributed by atoms with Gasteiger partial charge in [-0.3, -0.25) is 0 Å². The fraction of sp³-hybridized carbons (Fsp3) is 0.143. The maximum absolute atomic E-state index is 11.1. The molecule has 2 rings (SSSR count). The molecule has 0 N–H and O–H groups in total. The predicted molar refractivity (Wildman–Crippen MR) is 55.2 cm³/mol. The molecular formula is C7H5ClN2O2S2. The summed E-state index contributed by atoms with van der Waals surface area (Å²) in [5.41, 5.74) is 0. The van der Waals surface area contributed by atoms with Crippen LogP contribution in [0.15, 0.2) is 17.4 Å². The van der Waals surface area contributed by atoms with Crippen LogP contribution in [0.2, 0.25) is 0 Å². The number of halogens is 1. The van der Waals surface area contributed by atoms with Gasteiger partial charge in [0.05, 0.1) is 5.39 Å². The van der Waals surface area contributed by atoms with Crippen molar-refractivity contribution < 1.29 is 8.42 Å². The van der Waals surface area contributed by atoms with E-state index in [0.29, 0.717) is 10.2 Å². The molecule has 0 amide bonds. The first kappa shape index (κ1) is 9.82. The smallest absolute Gasteiger partial charge is 0.225 e. The lowest BCUT2D eigenvalue weighted by Gasteiger charge is -1.94. The van der Waals surface area contributed by atoms with Gasteiger partial charge in [0.25, 0.3) is 9.05 Å². The summed E-state index contributed by atoms with van der Waals surface area (Å²) in [7, 11) is 1.45. The summed E-state index contributed by atoms with van der Waals surface area (Å²) in [5, 5.41) is 0.374. The molecule has 14 heavy (non-hydrogen) atoms. The topological polar surface area (TPSA) is 59.9 Å². The van der Waals surface area contributed by atoms with E-state index in [0.717, 1.165) is 4.88 Å². The van der Waals surface area contributed by atoms with Crippen molar-refractivity contribution in [2.24, 2.45) is 0 Å². The van der Waals surface area contributed by atoms with Crippen molar-refractivity contribution in [1.29, 1.82) is 0 Å². The molecule has 0 saturated heterocycles. The third kappa shape index (κ3) is 1.60. The minimum atomic E-state index is -3.79. The first-order chi connectivity index (χ1) is 6.48. The Balaban J connectivity index is 2.90. The molecule has 0 atom stereocenters. The summed E-state index contributed by atoms with van der Waals surface area (Å²) in [4.78, 5) is 9.24. The van der Waals surface area contributed by atoms with Gasteiger partial charge in [-0.05, 0) is 13.0 Å². The number of fused-ring (bicyclic) bond motifs is 1. The zero-order valence-corrected chi connectivity index (χ0v) is 9.45. The number of aryl methyl sites for hydroxylation is 1. The first-order valence-electron chi connectivity index (χ1n) is 3.64. The summed E-state index contributed by atoms with van der Waals surface area (Å²) in [6.07, 6.45) is 1.20. The molecule has 7 heteroatoms. The summed E-state index contributed by atoms with van der Waals surface area (Å²) >= 11 is 1.41. The van der Waals surface area contributed by atoms with E-state index >= 15 is 0 Å². The van der Waals surface area contributed by atoms with Crippen LogP contribution < -0.4 is 0 Å². The normalized spacial score (nSPS) is 12.1. The lowest BCUT2D eigenvalue weighted by atomic mass is 10.4. The van der Waals surface area contributed by atoms with Crippen LogP contribution in [0.25, 0.3) is 10.2 Å². The van der Waals surface area contributed by atoms with Crippen molar-refractivity contribution in [2.75, 3.05) is 0 Å². The highest BCUT2D eigenvalue weighted by molar-refractivity contribution is 8.13. The number of hydrogen-bond donors (Lipinski definition) is 0. The maximum atomic E-state index is 11.1. The zero-order valence-electron chi connectivity index (χ0n) is 7.06. The third-order valence-electron chi connectivity index (χ3n) is 1.65. The molecule has 2 aromatic heterocycles. The summed E-state index contributed by atoms with van der Waals surface area (Å²) in [6.45, 7) is 1.87. The average Bonchev–Trinajstić information content (AvgIpc) is 2.41. The fourth-order valence-electron chi connectivity index (χ4n) is 1.15. The predicted octanol–water partition coefficient (Wildman–Crippen LogP) is 1.93. The van der Waals surface area contributed by atoms with Crippen molar-refractivity contribution in [3.05, 3.63) is 17.3 Å². The number of hydrogen-bond acceptors (Lipinski definition) is 5. The van der Waals surface area contributed by atoms with Gasteiger partial charge in [0.1, 0.15) is 11.2 Å². The molecule has 0 radical (unpaired) electrons. The Morgan fingerprint density at radius 2 is 2.14 bits per heavy atom. The molecule has 0 aliphatic rings. The minimum Gasteiger partial charge on any atom is -0.225 e. The minimum absolute atomic E-state index is 0.117. The van der Waals surface area contributed by atoms with E-state index in [-0.39, 0.29) is 5.03 Å². The Morgan fingerprint density at radius 1 is 1.43 bits per heavy atom. The van der Waals surface area contributed by atoms with Crippen LogP contribution in [-0.4, -0.2) is 18.4 Å². The molecule has 0 spiro atoms. The zero-order chi connectivity index (χ0) is 10.3. The second-order valence-electron chi connectivity index (χ2n) is 2.69. The lowest BCUT2D eigenvalue weighted by Crippen LogP contribution is -1.95. The summed E-state index contributed by atoms with van der Waals surface area (Å²) < 4.78 is 22.3. The van der Waals surface area contributed by atoms with Gasteiger partial charge in [-0.25, -0.2) is 18.4 Å². The molecular weight excluding hydrogens is 244 g/mol. The Bertz CT molecular complexity index is 591. The second-order valence-corrected chi connectivity index (χ2v) is 6.41. The molecule has 74 valence electrons. The van der Waals surface area contributed by atoms with Gasteiger partial charge in [0.15, 0.2) is 5.03 Å². The van der Waals surface area contributed by atoms with Crippen LogP contribution in [-0.2, 0) is 9.05 Å². The quantitative estimate of drug-likeness (QED) is 0.572. The van der Waals surface area contributed by atoms with Crippen molar-refractivity contribution in [2.45, 2.75) is 11.9 Å². The lowest BCUT2D eigenvalue weighted by molar-refractivity contribution is 0.607. The number of rotatable bonds is 1. The molecule has 4 nitrogen and oxygen atoms in total. The van der Waals surface area contributed by atoms with Crippen molar-refractivity contribution in [3.8, 4) is 0 Å². The summed E-state index contributed by atoms with van der Waals surface area (Å²) in [6, 6.07) is 1.72. The van der Waals surface area contributed by atoms with Gasteiger partial charge < -0.3 is 0 Å². The number of thiophene rings is 1. The molecule has 2 heterocycles. The molecule has 0 aliphatic heterocycles. The van der Waals surface area contributed by atoms with Gasteiger partial charge in [0, 0.05) is 15.6 Å². The highest BCUT2D eigenvalue weighted by Gasteiger charge is 2.17. The van der Waals surface area contributed by atoms with E-state index in [1.165, 1.54) is 17.7 Å².